The molecule has 0 aliphatic rings. The van der Waals surface area contributed by atoms with Crippen LogP contribution in [-0.2, 0) is 16.1 Å². The Morgan fingerprint density at radius 3 is 2.50 bits per heavy atom. The normalized spacial score (nSPS) is 12.1. The van der Waals surface area contributed by atoms with E-state index in [1.807, 2.05) is 12.1 Å². The largest absolute Gasteiger partial charge is 0.449 e. The molecule has 5 nitrogen and oxygen atoms in total. The van der Waals surface area contributed by atoms with Crippen molar-refractivity contribution in [1.29, 1.82) is 0 Å². The molecule has 0 aliphatic carbocycles. The van der Waals surface area contributed by atoms with Crippen LogP contribution in [0.25, 0.3) is 11.0 Å². The first kappa shape index (κ1) is 17.8. The van der Waals surface area contributed by atoms with Gasteiger partial charge < -0.3 is 13.9 Å². The van der Waals surface area contributed by atoms with E-state index >= 15 is 0 Å². The summed E-state index contributed by atoms with van der Waals surface area (Å²) < 4.78 is 29.0. The first-order valence-corrected chi connectivity index (χ1v) is 8.01. The minimum atomic E-state index is -1.04. The molecule has 0 spiro atoms. The van der Waals surface area contributed by atoms with Gasteiger partial charge in [0.25, 0.3) is 0 Å². The van der Waals surface area contributed by atoms with E-state index in [0.29, 0.717) is 11.1 Å². The lowest BCUT2D eigenvalue weighted by Gasteiger charge is -2.12. The Labute approximate surface area is 149 Å². The first-order chi connectivity index (χ1) is 12.5. The fraction of sp³-hybridized carbons (Fsp3) is 0.200. The second-order valence-corrected chi connectivity index (χ2v) is 5.76. The van der Waals surface area contributed by atoms with Gasteiger partial charge in [-0.15, -0.1) is 0 Å². The Balaban J connectivity index is 1.83. The van der Waals surface area contributed by atoms with Crippen LogP contribution in [0, 0.1) is 5.82 Å². The molecule has 0 radical (unpaired) electrons. The summed E-state index contributed by atoms with van der Waals surface area (Å²) in [7, 11) is 1.51. The Kier molecular flexibility index (Phi) is 5.14. The Hall–Kier alpha value is -2.99. The molecule has 0 bridgehead atoms. The van der Waals surface area contributed by atoms with Crippen molar-refractivity contribution in [2.24, 2.45) is 0 Å². The SMILES string of the molecule is COCc1c(C(=O)OC(C)C(=O)c2ccc(F)cc2)oc2ccccc12. The van der Waals surface area contributed by atoms with E-state index in [4.69, 9.17) is 13.9 Å². The summed E-state index contributed by atoms with van der Waals surface area (Å²) in [6.07, 6.45) is -1.04. The first-order valence-electron chi connectivity index (χ1n) is 8.01. The highest BCUT2D eigenvalue weighted by Gasteiger charge is 2.26. The molecule has 6 heteroatoms. The number of Topliss-reactive ketones (excluding diaryl/α,β-unsaturated/α-hetero) is 1. The minimum Gasteiger partial charge on any atom is -0.449 e. The van der Waals surface area contributed by atoms with Gasteiger partial charge in [-0.25, -0.2) is 9.18 Å². The number of ether oxygens (including phenoxy) is 2. The molecule has 0 N–H and O–H groups in total. The number of furan rings is 1. The minimum absolute atomic E-state index is 0.00630. The monoisotopic (exact) mass is 356 g/mol. The molecule has 134 valence electrons. The number of hydrogen-bond donors (Lipinski definition) is 0. The number of benzene rings is 2. The smallest absolute Gasteiger partial charge is 0.375 e. The zero-order chi connectivity index (χ0) is 18.7. The van der Waals surface area contributed by atoms with E-state index in [1.165, 1.54) is 38.3 Å². The summed E-state index contributed by atoms with van der Waals surface area (Å²) in [6.45, 7) is 1.63. The molecule has 0 saturated heterocycles. The average molecular weight is 356 g/mol. The van der Waals surface area contributed by atoms with Crippen LogP contribution in [0.3, 0.4) is 0 Å². The number of fused-ring (bicyclic) bond motifs is 1. The number of halogens is 1. The van der Waals surface area contributed by atoms with E-state index in [1.54, 1.807) is 12.1 Å². The summed E-state index contributed by atoms with van der Waals surface area (Å²) in [5.74, 6) is -1.62. The highest BCUT2D eigenvalue weighted by Crippen LogP contribution is 2.27. The van der Waals surface area contributed by atoms with Gasteiger partial charge in [-0.1, -0.05) is 18.2 Å². The molecule has 0 amide bonds. The molecule has 26 heavy (non-hydrogen) atoms. The predicted molar refractivity (Wildman–Crippen MR) is 92.5 cm³/mol. The van der Waals surface area contributed by atoms with E-state index in [0.717, 1.165) is 5.39 Å². The second-order valence-electron chi connectivity index (χ2n) is 5.76. The van der Waals surface area contributed by atoms with E-state index in [2.05, 4.69) is 0 Å². The number of carbonyl (C=O) groups excluding carboxylic acids is 2. The molecule has 1 atom stereocenters. The Morgan fingerprint density at radius 1 is 1.12 bits per heavy atom. The summed E-state index contributed by atoms with van der Waals surface area (Å²) in [6, 6.07) is 12.2. The van der Waals surface area contributed by atoms with Crippen LogP contribution in [0.4, 0.5) is 4.39 Å². The van der Waals surface area contributed by atoms with Crippen molar-refractivity contribution in [3.8, 4) is 0 Å². The molecular weight excluding hydrogens is 339 g/mol. The summed E-state index contributed by atoms with van der Waals surface area (Å²) in [5.41, 5.74) is 1.35. The third-order valence-corrected chi connectivity index (χ3v) is 3.95. The van der Waals surface area contributed by atoms with Crippen molar-refractivity contribution in [1.82, 2.24) is 0 Å². The van der Waals surface area contributed by atoms with E-state index in [9.17, 15) is 14.0 Å². The van der Waals surface area contributed by atoms with Crippen LogP contribution in [0.5, 0.6) is 0 Å². The lowest BCUT2D eigenvalue weighted by Crippen LogP contribution is -2.24. The van der Waals surface area contributed by atoms with Gasteiger partial charge in [0.05, 0.1) is 6.61 Å². The van der Waals surface area contributed by atoms with Gasteiger partial charge in [0.15, 0.2) is 6.10 Å². The van der Waals surface area contributed by atoms with Gasteiger partial charge in [-0.2, -0.15) is 0 Å². The lowest BCUT2D eigenvalue weighted by molar-refractivity contribution is 0.0286. The maximum Gasteiger partial charge on any atom is 0.375 e. The van der Waals surface area contributed by atoms with Crippen LogP contribution < -0.4 is 0 Å². The number of rotatable bonds is 6. The van der Waals surface area contributed by atoms with E-state index < -0.39 is 23.7 Å². The molecule has 0 aliphatic heterocycles. The number of para-hydroxylation sites is 1. The molecule has 0 saturated carbocycles. The zero-order valence-corrected chi connectivity index (χ0v) is 14.3. The van der Waals surface area contributed by atoms with E-state index in [-0.39, 0.29) is 17.9 Å². The van der Waals surface area contributed by atoms with Crippen molar-refractivity contribution in [2.75, 3.05) is 7.11 Å². The van der Waals surface area contributed by atoms with Gasteiger partial charge in [0.1, 0.15) is 11.4 Å². The molecule has 1 heterocycles. The summed E-state index contributed by atoms with van der Waals surface area (Å²) in [5, 5.41) is 0.749. The average Bonchev–Trinajstić information content (AvgIpc) is 3.01. The predicted octanol–water partition coefficient (Wildman–Crippen LogP) is 4.15. The molecule has 1 aromatic heterocycles. The van der Waals surface area contributed by atoms with Gasteiger partial charge in [0.2, 0.25) is 11.5 Å². The molecule has 3 aromatic rings. The molecule has 0 fully saturated rings. The lowest BCUT2D eigenvalue weighted by atomic mass is 10.1. The third-order valence-electron chi connectivity index (χ3n) is 3.95. The second kappa shape index (κ2) is 7.49. The number of hydrogen-bond acceptors (Lipinski definition) is 5. The number of carbonyl (C=O) groups is 2. The molecular formula is C20H17FO5. The highest BCUT2D eigenvalue weighted by molar-refractivity contribution is 6.02. The van der Waals surface area contributed by atoms with Gasteiger partial charge in [0, 0.05) is 23.6 Å². The third kappa shape index (κ3) is 3.50. The van der Waals surface area contributed by atoms with Crippen LogP contribution in [-0.4, -0.2) is 25.0 Å². The molecule has 3 rings (SSSR count). The number of ketones is 1. The number of esters is 1. The maximum absolute atomic E-state index is 13.0. The van der Waals surface area contributed by atoms with Gasteiger partial charge in [-0.05, 0) is 37.3 Å². The standard InChI is InChI=1S/C20H17FO5/c1-12(18(22)13-7-9-14(21)10-8-13)25-20(23)19-16(11-24-2)15-5-3-4-6-17(15)26-19/h3-10,12H,11H2,1-2H3. The fourth-order valence-electron chi connectivity index (χ4n) is 2.67. The fourth-order valence-corrected chi connectivity index (χ4v) is 2.67. The summed E-state index contributed by atoms with van der Waals surface area (Å²) in [4.78, 5) is 24.9. The maximum atomic E-state index is 13.0. The highest BCUT2D eigenvalue weighted by atomic mass is 19.1. The van der Waals surface area contributed by atoms with Gasteiger partial charge in [-0.3, -0.25) is 4.79 Å². The van der Waals surface area contributed by atoms with Crippen molar-refractivity contribution in [2.45, 2.75) is 19.6 Å². The topological polar surface area (TPSA) is 65.7 Å². The quantitative estimate of drug-likeness (QED) is 0.490. The van der Waals surface area contributed by atoms with Crippen molar-refractivity contribution < 1.29 is 27.9 Å². The van der Waals surface area contributed by atoms with Crippen LogP contribution in [0.2, 0.25) is 0 Å². The molecule has 1 unspecified atom stereocenters. The zero-order valence-electron chi connectivity index (χ0n) is 14.3. The van der Waals surface area contributed by atoms with Crippen LogP contribution >= 0.6 is 0 Å². The van der Waals surface area contributed by atoms with Gasteiger partial charge >= 0.3 is 5.97 Å². The Bertz CT molecular complexity index is 942. The summed E-state index contributed by atoms with van der Waals surface area (Å²) >= 11 is 0. The Morgan fingerprint density at radius 2 is 1.81 bits per heavy atom. The van der Waals surface area contributed by atoms with Crippen molar-refractivity contribution >= 4 is 22.7 Å². The van der Waals surface area contributed by atoms with Crippen LogP contribution in [0.1, 0.15) is 33.4 Å². The van der Waals surface area contributed by atoms with Crippen molar-refractivity contribution in [3.05, 3.63) is 71.2 Å². The number of methoxy groups -OCH3 is 1. The van der Waals surface area contributed by atoms with Crippen molar-refractivity contribution in [3.63, 3.8) is 0 Å². The molecule has 2 aromatic carbocycles. The van der Waals surface area contributed by atoms with Crippen LogP contribution in [0.15, 0.2) is 52.9 Å².